The third kappa shape index (κ3) is 13.9. The molecule has 1 amide bonds. The van der Waals surface area contributed by atoms with Crippen molar-refractivity contribution in [3.8, 4) is 0 Å². The van der Waals surface area contributed by atoms with E-state index in [1.165, 1.54) is 35.6 Å². The molecule has 0 bridgehead atoms. The molecule has 0 aliphatic carbocycles. The lowest BCUT2D eigenvalue weighted by molar-refractivity contribution is -0.114. The van der Waals surface area contributed by atoms with Gasteiger partial charge in [0.15, 0.2) is 0 Å². The van der Waals surface area contributed by atoms with E-state index in [1.54, 1.807) is 6.08 Å². The van der Waals surface area contributed by atoms with Crippen LogP contribution in [0.25, 0.3) is 0 Å². The van der Waals surface area contributed by atoms with Gasteiger partial charge in [-0.05, 0) is 50.8 Å². The lowest BCUT2D eigenvalue weighted by Crippen LogP contribution is -2.11. The number of allylic oxidation sites excluding steroid dienone is 3. The van der Waals surface area contributed by atoms with Crippen LogP contribution in [-0.4, -0.2) is 5.91 Å². The highest BCUT2D eigenvalue weighted by Crippen LogP contribution is 2.03. The quantitative estimate of drug-likeness (QED) is 0.430. The fourth-order valence-electron chi connectivity index (χ4n) is 2.37. The Morgan fingerprint density at radius 2 is 1.59 bits per heavy atom. The minimum Gasteiger partial charge on any atom is -0.366 e. The second kappa shape index (κ2) is 16.1. The van der Waals surface area contributed by atoms with E-state index in [-0.39, 0.29) is 0 Å². The van der Waals surface area contributed by atoms with Crippen molar-refractivity contribution in [3.05, 3.63) is 107 Å². The van der Waals surface area contributed by atoms with Crippen LogP contribution in [0.15, 0.2) is 90.6 Å². The molecule has 2 aromatic carbocycles. The van der Waals surface area contributed by atoms with Crippen molar-refractivity contribution in [2.75, 3.05) is 0 Å². The van der Waals surface area contributed by atoms with Crippen molar-refractivity contribution in [3.63, 3.8) is 0 Å². The van der Waals surface area contributed by atoms with Crippen molar-refractivity contribution in [2.24, 2.45) is 5.73 Å². The van der Waals surface area contributed by atoms with Crippen molar-refractivity contribution >= 4 is 5.91 Å². The maximum atomic E-state index is 10.6. The van der Waals surface area contributed by atoms with Gasteiger partial charge in [0, 0.05) is 5.57 Å². The number of primary amides is 1. The monoisotopic (exact) mass is 391 g/mol. The van der Waals surface area contributed by atoms with Gasteiger partial charge in [-0.25, -0.2) is 0 Å². The van der Waals surface area contributed by atoms with Crippen LogP contribution < -0.4 is 5.73 Å². The Kier molecular flexibility index (Phi) is 14.5. The number of hydrogen-bond acceptors (Lipinski definition) is 1. The highest BCUT2D eigenvalue weighted by molar-refractivity contribution is 5.94. The normalized spacial score (nSPS) is 9.90. The lowest BCUT2D eigenvalue weighted by Gasteiger charge is -1.95. The summed E-state index contributed by atoms with van der Waals surface area (Å²) in [6, 6.07) is 19.2. The molecule has 0 aliphatic heterocycles. The fraction of sp³-hybridized carbons (Fsp3) is 0.296. The Bertz CT molecular complexity index is 781. The van der Waals surface area contributed by atoms with Gasteiger partial charge in [0.05, 0.1) is 0 Å². The molecule has 0 spiro atoms. The molecule has 2 heteroatoms. The smallest absolute Gasteiger partial charge is 0.248 e. The van der Waals surface area contributed by atoms with Gasteiger partial charge in [0.25, 0.3) is 0 Å². The van der Waals surface area contributed by atoms with Crippen LogP contribution in [0, 0.1) is 6.92 Å². The first-order valence-electron chi connectivity index (χ1n) is 10.2. The van der Waals surface area contributed by atoms with Gasteiger partial charge in [-0.3, -0.25) is 4.79 Å². The van der Waals surface area contributed by atoms with E-state index in [2.05, 4.69) is 81.9 Å². The SMILES string of the molecule is C=C/C(=C\C=C(C)C)C(N)=O.CCCc1ccccc1.CCc1cccc(C)c1. The maximum Gasteiger partial charge on any atom is 0.248 e. The van der Waals surface area contributed by atoms with Gasteiger partial charge < -0.3 is 5.73 Å². The Morgan fingerprint density at radius 1 is 0.966 bits per heavy atom. The van der Waals surface area contributed by atoms with Crippen LogP contribution in [0.2, 0.25) is 0 Å². The molecule has 2 nitrogen and oxygen atoms in total. The summed E-state index contributed by atoms with van der Waals surface area (Å²) < 4.78 is 0. The number of benzene rings is 2. The standard InChI is InChI=1S/C9H13NO.2C9H12/c1-4-8(9(10)11)6-5-7(2)3;1-3-9-6-4-5-8(2)7-9;1-2-6-9-7-4-3-5-8-9/h4-6H,1H2,2-3H3,(H2,10,11);4-7H,3H2,1-2H3;3-5,7-8H,2,6H2,1H3/b8-6+;;. The van der Waals surface area contributed by atoms with Crippen molar-refractivity contribution in [1.29, 1.82) is 0 Å². The molecule has 0 heterocycles. The summed E-state index contributed by atoms with van der Waals surface area (Å²) in [5, 5.41) is 0. The zero-order valence-electron chi connectivity index (χ0n) is 18.7. The fourth-order valence-corrected chi connectivity index (χ4v) is 2.37. The van der Waals surface area contributed by atoms with E-state index in [1.807, 2.05) is 19.9 Å². The Balaban J connectivity index is 0.000000408. The Morgan fingerprint density at radius 3 is 2.00 bits per heavy atom. The largest absolute Gasteiger partial charge is 0.366 e. The third-order valence-corrected chi connectivity index (χ3v) is 3.97. The average Bonchev–Trinajstić information content (AvgIpc) is 2.70. The zero-order valence-corrected chi connectivity index (χ0v) is 18.7. The molecule has 29 heavy (non-hydrogen) atoms. The van der Waals surface area contributed by atoms with Crippen LogP contribution in [0.1, 0.15) is 50.8 Å². The van der Waals surface area contributed by atoms with Crippen LogP contribution in [-0.2, 0) is 17.6 Å². The first kappa shape index (κ1) is 26.1. The predicted octanol–water partition coefficient (Wildman–Crippen LogP) is 6.75. The van der Waals surface area contributed by atoms with Crippen LogP contribution >= 0.6 is 0 Å². The topological polar surface area (TPSA) is 43.1 Å². The van der Waals surface area contributed by atoms with Gasteiger partial charge in [-0.2, -0.15) is 0 Å². The summed E-state index contributed by atoms with van der Waals surface area (Å²) >= 11 is 0. The minimum absolute atomic E-state index is 0.436. The van der Waals surface area contributed by atoms with Gasteiger partial charge in [-0.15, -0.1) is 0 Å². The molecular formula is C27H37NO. The number of amides is 1. The number of hydrogen-bond donors (Lipinski definition) is 1. The number of carbonyl (C=O) groups is 1. The number of rotatable bonds is 6. The van der Waals surface area contributed by atoms with Crippen LogP contribution in [0.4, 0.5) is 0 Å². The highest BCUT2D eigenvalue weighted by Gasteiger charge is 1.95. The van der Waals surface area contributed by atoms with Crippen molar-refractivity contribution in [2.45, 2.75) is 53.9 Å². The molecule has 0 aliphatic rings. The van der Waals surface area contributed by atoms with E-state index in [0.717, 1.165) is 12.0 Å². The first-order chi connectivity index (χ1) is 13.8. The molecule has 0 aromatic heterocycles. The van der Waals surface area contributed by atoms with Crippen LogP contribution in [0.3, 0.4) is 0 Å². The molecular weight excluding hydrogens is 354 g/mol. The van der Waals surface area contributed by atoms with Gasteiger partial charge in [-0.1, -0.05) is 105 Å². The summed E-state index contributed by atoms with van der Waals surface area (Å²) in [4.78, 5) is 10.6. The molecule has 0 saturated carbocycles. The van der Waals surface area contributed by atoms with Gasteiger partial charge in [0.2, 0.25) is 5.91 Å². The molecule has 0 radical (unpaired) electrons. The van der Waals surface area contributed by atoms with E-state index in [4.69, 9.17) is 5.73 Å². The van der Waals surface area contributed by atoms with Crippen molar-refractivity contribution < 1.29 is 4.79 Å². The minimum atomic E-state index is -0.447. The highest BCUT2D eigenvalue weighted by atomic mass is 16.1. The van der Waals surface area contributed by atoms with E-state index in [0.29, 0.717) is 5.57 Å². The van der Waals surface area contributed by atoms with E-state index < -0.39 is 5.91 Å². The van der Waals surface area contributed by atoms with Gasteiger partial charge in [0.1, 0.15) is 0 Å². The van der Waals surface area contributed by atoms with E-state index >= 15 is 0 Å². The number of carbonyl (C=O) groups excluding carboxylic acids is 1. The van der Waals surface area contributed by atoms with E-state index in [9.17, 15) is 4.79 Å². The molecule has 2 rings (SSSR count). The molecule has 2 N–H and O–H groups in total. The molecule has 156 valence electrons. The van der Waals surface area contributed by atoms with Gasteiger partial charge >= 0.3 is 0 Å². The number of aryl methyl sites for hydroxylation is 3. The van der Waals surface area contributed by atoms with Crippen molar-refractivity contribution in [1.82, 2.24) is 0 Å². The van der Waals surface area contributed by atoms with Crippen LogP contribution in [0.5, 0.6) is 0 Å². The molecule has 0 fully saturated rings. The first-order valence-corrected chi connectivity index (χ1v) is 10.2. The maximum absolute atomic E-state index is 10.6. The lowest BCUT2D eigenvalue weighted by atomic mass is 10.1. The second-order valence-electron chi connectivity index (χ2n) is 7.01. The summed E-state index contributed by atoms with van der Waals surface area (Å²) in [5.41, 5.74) is 10.8. The summed E-state index contributed by atoms with van der Waals surface area (Å²) in [6.07, 6.45) is 8.51. The second-order valence-corrected chi connectivity index (χ2v) is 7.01. The summed E-state index contributed by atoms with van der Waals surface area (Å²) in [5.74, 6) is -0.447. The molecule has 0 unspecified atom stereocenters. The molecule has 0 saturated heterocycles. The summed E-state index contributed by atoms with van der Waals surface area (Å²) in [6.45, 7) is 13.8. The number of nitrogens with two attached hydrogens (primary N) is 1. The molecule has 0 atom stereocenters. The Hall–Kier alpha value is -2.87. The predicted molar refractivity (Wildman–Crippen MR) is 128 cm³/mol. The summed E-state index contributed by atoms with van der Waals surface area (Å²) in [7, 11) is 0. The zero-order chi connectivity index (χ0) is 22.1. The Labute approximate surface area is 177 Å². The molecule has 2 aromatic rings. The average molecular weight is 392 g/mol. The third-order valence-electron chi connectivity index (χ3n) is 3.97.